The number of carbonyl (C=O) groups is 1. The Morgan fingerprint density at radius 2 is 2.21 bits per heavy atom. The van der Waals surface area contributed by atoms with Crippen molar-refractivity contribution >= 4 is 11.7 Å². The number of oxime groups is 1. The van der Waals surface area contributed by atoms with Gasteiger partial charge in [0.25, 0.3) is 0 Å². The molecule has 0 aliphatic carbocycles. The average Bonchev–Trinajstić information content (AvgIpc) is 2.15. The van der Waals surface area contributed by atoms with Crippen molar-refractivity contribution < 1.29 is 10.0 Å². The predicted octanol–water partition coefficient (Wildman–Crippen LogP) is -0.811. The van der Waals surface area contributed by atoms with Crippen LogP contribution in [0.15, 0.2) is 5.16 Å². The molecule has 4 N–H and O–H groups in total. The van der Waals surface area contributed by atoms with Crippen molar-refractivity contribution in [2.75, 3.05) is 20.6 Å². The molecule has 0 bridgehead atoms. The molecule has 1 amide bonds. The van der Waals surface area contributed by atoms with Gasteiger partial charge < -0.3 is 21.2 Å². The van der Waals surface area contributed by atoms with Crippen LogP contribution in [-0.2, 0) is 4.79 Å². The van der Waals surface area contributed by atoms with E-state index in [0.717, 1.165) is 0 Å². The van der Waals surface area contributed by atoms with E-state index in [1.165, 1.54) is 4.90 Å². The zero-order valence-corrected chi connectivity index (χ0v) is 8.82. The highest BCUT2D eigenvalue weighted by Crippen LogP contribution is 1.87. The van der Waals surface area contributed by atoms with Gasteiger partial charge in [-0.25, -0.2) is 0 Å². The molecule has 0 aromatic rings. The average molecular weight is 202 g/mol. The molecule has 0 aliphatic heterocycles. The molecule has 0 fully saturated rings. The zero-order valence-electron chi connectivity index (χ0n) is 8.82. The van der Waals surface area contributed by atoms with Crippen LogP contribution >= 0.6 is 0 Å². The number of amidine groups is 1. The van der Waals surface area contributed by atoms with E-state index < -0.39 is 0 Å². The zero-order chi connectivity index (χ0) is 11.1. The first-order chi connectivity index (χ1) is 6.49. The fourth-order valence-corrected chi connectivity index (χ4v) is 0.810. The second kappa shape index (κ2) is 6.20. The maximum Gasteiger partial charge on any atom is 0.223 e. The van der Waals surface area contributed by atoms with E-state index in [1.54, 1.807) is 21.0 Å². The monoisotopic (exact) mass is 202 g/mol. The van der Waals surface area contributed by atoms with E-state index >= 15 is 0 Å². The van der Waals surface area contributed by atoms with Crippen LogP contribution in [-0.4, -0.2) is 48.5 Å². The second-order valence-corrected chi connectivity index (χ2v) is 3.24. The largest absolute Gasteiger partial charge is 0.409 e. The van der Waals surface area contributed by atoms with Crippen LogP contribution in [0, 0.1) is 0 Å². The molecule has 0 rings (SSSR count). The first-order valence-corrected chi connectivity index (χ1v) is 4.40. The van der Waals surface area contributed by atoms with Crippen LogP contribution in [0.2, 0.25) is 0 Å². The van der Waals surface area contributed by atoms with Crippen LogP contribution < -0.4 is 11.1 Å². The summed E-state index contributed by atoms with van der Waals surface area (Å²) in [4.78, 5) is 12.7. The first-order valence-electron chi connectivity index (χ1n) is 4.40. The molecular formula is C8H18N4O2. The third kappa shape index (κ3) is 4.66. The van der Waals surface area contributed by atoms with Crippen molar-refractivity contribution in [3.05, 3.63) is 0 Å². The summed E-state index contributed by atoms with van der Waals surface area (Å²) < 4.78 is 0. The van der Waals surface area contributed by atoms with Gasteiger partial charge in [0.2, 0.25) is 5.91 Å². The summed E-state index contributed by atoms with van der Waals surface area (Å²) in [5.41, 5.74) is 5.34. The lowest BCUT2D eigenvalue weighted by Gasteiger charge is -2.13. The van der Waals surface area contributed by atoms with E-state index in [2.05, 4.69) is 10.5 Å². The molecule has 1 atom stereocenters. The van der Waals surface area contributed by atoms with Gasteiger partial charge in [0.15, 0.2) is 5.84 Å². The highest BCUT2D eigenvalue weighted by atomic mass is 16.4. The molecule has 0 aliphatic rings. The summed E-state index contributed by atoms with van der Waals surface area (Å²) in [5, 5.41) is 14.2. The number of amides is 1. The molecule has 0 aromatic heterocycles. The van der Waals surface area contributed by atoms with E-state index in [9.17, 15) is 4.79 Å². The highest BCUT2D eigenvalue weighted by molar-refractivity contribution is 5.84. The molecule has 0 spiro atoms. The minimum absolute atomic E-state index is 0.0456. The Bertz CT molecular complexity index is 215. The van der Waals surface area contributed by atoms with Gasteiger partial charge in [-0.3, -0.25) is 4.79 Å². The third-order valence-corrected chi connectivity index (χ3v) is 1.85. The Labute approximate surface area is 83.7 Å². The summed E-state index contributed by atoms with van der Waals surface area (Å²) in [7, 11) is 3.41. The molecule has 14 heavy (non-hydrogen) atoms. The van der Waals surface area contributed by atoms with Crippen molar-refractivity contribution in [2.45, 2.75) is 19.4 Å². The van der Waals surface area contributed by atoms with Crippen LogP contribution in [0.1, 0.15) is 13.3 Å². The SMILES string of the molecule is CC(NCCC(=O)N(C)C)C(N)=NO. The van der Waals surface area contributed by atoms with Crippen LogP contribution in [0.4, 0.5) is 0 Å². The topological polar surface area (TPSA) is 91.0 Å². The van der Waals surface area contributed by atoms with Gasteiger partial charge in [-0.1, -0.05) is 5.16 Å². The van der Waals surface area contributed by atoms with E-state index in [4.69, 9.17) is 10.9 Å². The normalized spacial score (nSPS) is 13.8. The minimum Gasteiger partial charge on any atom is -0.409 e. The van der Waals surface area contributed by atoms with Crippen molar-refractivity contribution in [2.24, 2.45) is 10.9 Å². The smallest absolute Gasteiger partial charge is 0.223 e. The number of nitrogens with zero attached hydrogens (tertiary/aromatic N) is 2. The molecule has 0 saturated heterocycles. The number of nitrogens with one attached hydrogen (secondary N) is 1. The molecule has 0 heterocycles. The molecule has 1 unspecified atom stereocenters. The highest BCUT2D eigenvalue weighted by Gasteiger charge is 2.08. The molecule has 0 aromatic carbocycles. The fraction of sp³-hybridized carbons (Fsp3) is 0.750. The number of carbonyl (C=O) groups excluding carboxylic acids is 1. The van der Waals surface area contributed by atoms with Gasteiger partial charge in [-0.2, -0.15) is 0 Å². The summed E-state index contributed by atoms with van der Waals surface area (Å²) in [5.74, 6) is 0.159. The van der Waals surface area contributed by atoms with E-state index in [-0.39, 0.29) is 17.8 Å². The predicted molar refractivity (Wildman–Crippen MR) is 54.2 cm³/mol. The maximum absolute atomic E-state index is 11.1. The second-order valence-electron chi connectivity index (χ2n) is 3.24. The molecule has 0 radical (unpaired) electrons. The van der Waals surface area contributed by atoms with E-state index in [1.807, 2.05) is 0 Å². The minimum atomic E-state index is -0.227. The lowest BCUT2D eigenvalue weighted by atomic mass is 10.3. The third-order valence-electron chi connectivity index (χ3n) is 1.85. The van der Waals surface area contributed by atoms with Crippen molar-refractivity contribution in [1.82, 2.24) is 10.2 Å². The summed E-state index contributed by atoms with van der Waals surface area (Å²) in [6, 6.07) is -0.227. The Kier molecular flexibility index (Phi) is 5.62. The van der Waals surface area contributed by atoms with Crippen molar-refractivity contribution in [3.63, 3.8) is 0 Å². The number of hydrogen-bond donors (Lipinski definition) is 3. The quantitative estimate of drug-likeness (QED) is 0.235. The van der Waals surface area contributed by atoms with Gasteiger partial charge in [0.05, 0.1) is 6.04 Å². The summed E-state index contributed by atoms with van der Waals surface area (Å²) >= 11 is 0. The van der Waals surface area contributed by atoms with E-state index in [0.29, 0.717) is 13.0 Å². The van der Waals surface area contributed by atoms with Gasteiger partial charge in [0, 0.05) is 27.1 Å². The van der Waals surface area contributed by atoms with Gasteiger partial charge in [-0.05, 0) is 6.92 Å². The molecule has 6 heteroatoms. The number of hydrogen-bond acceptors (Lipinski definition) is 4. The first kappa shape index (κ1) is 12.7. The Balaban J connectivity index is 3.70. The molecule has 82 valence electrons. The molecular weight excluding hydrogens is 184 g/mol. The summed E-state index contributed by atoms with van der Waals surface area (Å²) in [6.45, 7) is 2.27. The molecule has 6 nitrogen and oxygen atoms in total. The lowest BCUT2D eigenvalue weighted by Crippen LogP contribution is -2.40. The molecule has 0 saturated carbocycles. The Hall–Kier alpha value is -1.30. The van der Waals surface area contributed by atoms with Gasteiger partial charge >= 0.3 is 0 Å². The fourth-order valence-electron chi connectivity index (χ4n) is 0.810. The van der Waals surface area contributed by atoms with Crippen LogP contribution in [0.5, 0.6) is 0 Å². The Morgan fingerprint density at radius 3 is 2.64 bits per heavy atom. The summed E-state index contributed by atoms with van der Waals surface area (Å²) in [6.07, 6.45) is 0.399. The van der Waals surface area contributed by atoms with Crippen molar-refractivity contribution in [3.8, 4) is 0 Å². The maximum atomic E-state index is 11.1. The van der Waals surface area contributed by atoms with Crippen molar-refractivity contribution in [1.29, 1.82) is 0 Å². The standard InChI is InChI=1S/C8H18N4O2/c1-6(8(9)11-14)10-5-4-7(13)12(2)3/h6,10,14H,4-5H2,1-3H3,(H2,9,11). The van der Waals surface area contributed by atoms with Crippen LogP contribution in [0.3, 0.4) is 0 Å². The Morgan fingerprint density at radius 1 is 1.64 bits per heavy atom. The van der Waals surface area contributed by atoms with Gasteiger partial charge in [0.1, 0.15) is 0 Å². The lowest BCUT2D eigenvalue weighted by molar-refractivity contribution is -0.128. The van der Waals surface area contributed by atoms with Crippen LogP contribution in [0.25, 0.3) is 0 Å². The number of nitrogens with two attached hydrogens (primary N) is 1. The number of rotatable bonds is 5. The van der Waals surface area contributed by atoms with Gasteiger partial charge in [-0.15, -0.1) is 0 Å².